The summed E-state index contributed by atoms with van der Waals surface area (Å²) in [5, 5.41) is 15.8. The summed E-state index contributed by atoms with van der Waals surface area (Å²) in [5.74, 6) is -0.0738. The molecule has 0 atom stereocenters. The highest BCUT2D eigenvalue weighted by molar-refractivity contribution is 7.14. The third-order valence-electron chi connectivity index (χ3n) is 3.44. The lowest BCUT2D eigenvalue weighted by molar-refractivity contribution is -0.130. The van der Waals surface area contributed by atoms with E-state index in [-0.39, 0.29) is 12.3 Å². The van der Waals surface area contributed by atoms with Crippen molar-refractivity contribution >= 4 is 33.7 Å². The van der Waals surface area contributed by atoms with Crippen LogP contribution in [0.4, 0.5) is 5.13 Å². The Morgan fingerprint density at radius 3 is 2.81 bits per heavy atom. The summed E-state index contributed by atoms with van der Waals surface area (Å²) < 4.78 is 0. The maximum Gasteiger partial charge on any atom is 0.236 e. The first-order chi connectivity index (χ1) is 10.3. The van der Waals surface area contributed by atoms with Crippen molar-refractivity contribution in [1.29, 1.82) is 5.26 Å². The second-order valence-electron chi connectivity index (χ2n) is 4.73. The van der Waals surface area contributed by atoms with Crippen molar-refractivity contribution in [2.75, 3.05) is 31.1 Å². The second kappa shape index (κ2) is 6.24. The molecule has 2 aromatic rings. The molecule has 1 aliphatic heterocycles. The number of aromatic nitrogens is 1. The fourth-order valence-corrected chi connectivity index (χ4v) is 3.82. The highest BCUT2D eigenvalue weighted by Crippen LogP contribution is 2.29. The quantitative estimate of drug-likeness (QED) is 0.872. The van der Waals surface area contributed by atoms with Gasteiger partial charge in [-0.1, -0.05) is 0 Å². The summed E-state index contributed by atoms with van der Waals surface area (Å²) in [4.78, 5) is 20.3. The Hall–Kier alpha value is -1.91. The van der Waals surface area contributed by atoms with Crippen LogP contribution >= 0.6 is 22.7 Å². The monoisotopic (exact) mass is 318 g/mol. The minimum Gasteiger partial charge on any atom is -0.345 e. The maximum atomic E-state index is 11.7. The number of hydrogen-bond donors (Lipinski definition) is 0. The van der Waals surface area contributed by atoms with Gasteiger partial charge in [-0.05, 0) is 11.4 Å². The molecule has 108 valence electrons. The van der Waals surface area contributed by atoms with E-state index < -0.39 is 0 Å². The summed E-state index contributed by atoms with van der Waals surface area (Å²) in [6, 6.07) is 3.98. The van der Waals surface area contributed by atoms with Gasteiger partial charge in [0.15, 0.2) is 5.13 Å². The second-order valence-corrected chi connectivity index (χ2v) is 6.35. The molecule has 2 aromatic heterocycles. The van der Waals surface area contributed by atoms with E-state index in [2.05, 4.69) is 26.7 Å². The summed E-state index contributed by atoms with van der Waals surface area (Å²) in [5.41, 5.74) is 2.17. The Morgan fingerprint density at radius 1 is 1.33 bits per heavy atom. The van der Waals surface area contributed by atoms with Crippen LogP contribution in [0.15, 0.2) is 22.2 Å². The lowest BCUT2D eigenvalue weighted by atomic mass is 10.3. The van der Waals surface area contributed by atoms with Gasteiger partial charge in [0.2, 0.25) is 5.91 Å². The molecule has 0 aromatic carbocycles. The zero-order chi connectivity index (χ0) is 14.7. The van der Waals surface area contributed by atoms with Gasteiger partial charge in [-0.15, -0.1) is 11.3 Å². The number of thiophene rings is 1. The zero-order valence-electron chi connectivity index (χ0n) is 11.4. The van der Waals surface area contributed by atoms with Crippen LogP contribution in [0.3, 0.4) is 0 Å². The molecule has 0 unspecified atom stereocenters. The fraction of sp³-hybridized carbons (Fsp3) is 0.357. The number of nitriles is 1. The summed E-state index contributed by atoms with van der Waals surface area (Å²) in [6.45, 7) is 2.86. The van der Waals surface area contributed by atoms with Gasteiger partial charge in [-0.25, -0.2) is 4.98 Å². The van der Waals surface area contributed by atoms with Crippen molar-refractivity contribution in [3.05, 3.63) is 22.2 Å². The van der Waals surface area contributed by atoms with Crippen LogP contribution in [-0.2, 0) is 4.79 Å². The molecule has 1 amide bonds. The molecule has 0 bridgehead atoms. The van der Waals surface area contributed by atoms with Crippen molar-refractivity contribution in [3.8, 4) is 17.3 Å². The van der Waals surface area contributed by atoms with Crippen LogP contribution in [0.25, 0.3) is 11.3 Å². The molecule has 0 aliphatic carbocycles. The van der Waals surface area contributed by atoms with Crippen LogP contribution < -0.4 is 4.90 Å². The van der Waals surface area contributed by atoms with Gasteiger partial charge in [0.05, 0.1) is 11.8 Å². The number of hydrogen-bond acceptors (Lipinski definition) is 6. The summed E-state index contributed by atoms with van der Waals surface area (Å²) >= 11 is 3.31. The average molecular weight is 318 g/mol. The highest BCUT2D eigenvalue weighted by Gasteiger charge is 2.22. The molecular formula is C14H14N4OS2. The third-order valence-corrected chi connectivity index (χ3v) is 5.03. The van der Waals surface area contributed by atoms with Gasteiger partial charge in [-0.3, -0.25) is 4.79 Å². The number of carbonyl (C=O) groups excluding carboxylic acids is 1. The van der Waals surface area contributed by atoms with Gasteiger partial charge < -0.3 is 9.80 Å². The average Bonchev–Trinajstić information content (AvgIpc) is 3.19. The third kappa shape index (κ3) is 3.06. The predicted octanol–water partition coefficient (Wildman–Crippen LogP) is 2.43. The van der Waals surface area contributed by atoms with Crippen molar-refractivity contribution in [3.63, 3.8) is 0 Å². The van der Waals surface area contributed by atoms with Gasteiger partial charge in [0.1, 0.15) is 6.42 Å². The first-order valence-electron chi connectivity index (χ1n) is 6.65. The van der Waals surface area contributed by atoms with Crippen LogP contribution in [0.1, 0.15) is 6.42 Å². The Kier molecular flexibility index (Phi) is 4.18. The number of piperazine rings is 1. The van der Waals surface area contributed by atoms with E-state index in [1.54, 1.807) is 27.6 Å². The van der Waals surface area contributed by atoms with E-state index in [9.17, 15) is 4.79 Å². The molecular weight excluding hydrogens is 304 g/mol. The SMILES string of the molecule is N#CCC(=O)N1CCN(c2nc(-c3ccsc3)cs2)CC1. The number of nitrogens with zero attached hydrogens (tertiary/aromatic N) is 4. The maximum absolute atomic E-state index is 11.7. The van der Waals surface area contributed by atoms with Crippen molar-refractivity contribution in [2.45, 2.75) is 6.42 Å². The first-order valence-corrected chi connectivity index (χ1v) is 8.48. The molecule has 0 spiro atoms. The van der Waals surface area contributed by atoms with Crippen molar-refractivity contribution in [2.24, 2.45) is 0 Å². The van der Waals surface area contributed by atoms with E-state index in [0.717, 1.165) is 29.5 Å². The van der Waals surface area contributed by atoms with E-state index >= 15 is 0 Å². The molecule has 7 heteroatoms. The molecule has 5 nitrogen and oxygen atoms in total. The molecule has 0 N–H and O–H groups in total. The normalized spacial score (nSPS) is 15.0. The van der Waals surface area contributed by atoms with E-state index in [4.69, 9.17) is 5.26 Å². The lowest BCUT2D eigenvalue weighted by Gasteiger charge is -2.34. The minimum absolute atomic E-state index is 0.0282. The molecule has 3 heterocycles. The molecule has 0 saturated carbocycles. The highest BCUT2D eigenvalue weighted by atomic mass is 32.1. The Labute approximate surface area is 131 Å². The van der Waals surface area contributed by atoms with Crippen LogP contribution in [0.5, 0.6) is 0 Å². The molecule has 21 heavy (non-hydrogen) atoms. The topological polar surface area (TPSA) is 60.2 Å². The summed E-state index contributed by atoms with van der Waals surface area (Å²) in [7, 11) is 0. The number of thiazole rings is 1. The Morgan fingerprint density at radius 2 is 2.14 bits per heavy atom. The molecule has 1 fully saturated rings. The summed E-state index contributed by atoms with van der Waals surface area (Å²) in [6.07, 6.45) is -0.0282. The van der Waals surface area contributed by atoms with Gasteiger partial charge >= 0.3 is 0 Å². The van der Waals surface area contributed by atoms with Crippen molar-refractivity contribution in [1.82, 2.24) is 9.88 Å². The zero-order valence-corrected chi connectivity index (χ0v) is 13.0. The van der Waals surface area contributed by atoms with Gasteiger partial charge in [0.25, 0.3) is 0 Å². The lowest BCUT2D eigenvalue weighted by Crippen LogP contribution is -2.48. The predicted molar refractivity (Wildman–Crippen MR) is 84.5 cm³/mol. The first kappa shape index (κ1) is 14.0. The smallest absolute Gasteiger partial charge is 0.236 e. The fourth-order valence-electron chi connectivity index (χ4n) is 2.28. The Bertz CT molecular complexity index is 651. The number of amides is 1. The Balaban J connectivity index is 1.63. The van der Waals surface area contributed by atoms with E-state index in [1.807, 2.05) is 11.4 Å². The molecule has 1 saturated heterocycles. The number of carbonyl (C=O) groups is 1. The van der Waals surface area contributed by atoms with E-state index in [0.29, 0.717) is 13.1 Å². The van der Waals surface area contributed by atoms with Gasteiger partial charge in [-0.2, -0.15) is 16.6 Å². The number of anilines is 1. The van der Waals surface area contributed by atoms with Gasteiger partial charge in [0, 0.05) is 42.5 Å². The molecule has 1 aliphatic rings. The van der Waals surface area contributed by atoms with Crippen LogP contribution in [0, 0.1) is 11.3 Å². The van der Waals surface area contributed by atoms with E-state index in [1.165, 1.54) is 0 Å². The standard InChI is InChI=1S/C14H14N4OS2/c15-3-1-13(19)17-4-6-18(7-5-17)14-16-12(10-21-14)11-2-8-20-9-11/h2,8-10H,1,4-7H2. The number of rotatable bonds is 3. The minimum atomic E-state index is -0.0738. The largest absolute Gasteiger partial charge is 0.345 e. The molecule has 3 rings (SSSR count). The van der Waals surface area contributed by atoms with Crippen molar-refractivity contribution < 1.29 is 4.79 Å². The van der Waals surface area contributed by atoms with Crippen LogP contribution in [0.2, 0.25) is 0 Å². The van der Waals surface area contributed by atoms with Crippen LogP contribution in [-0.4, -0.2) is 42.0 Å². The molecule has 0 radical (unpaired) electrons.